The van der Waals surface area contributed by atoms with Crippen molar-refractivity contribution in [1.29, 1.82) is 0 Å². The van der Waals surface area contributed by atoms with Crippen LogP contribution in [0.4, 0.5) is 5.82 Å². The maximum atomic E-state index is 4.88. The van der Waals surface area contributed by atoms with E-state index < -0.39 is 0 Å². The highest BCUT2D eigenvalue weighted by atomic mass is 79.9. The molecule has 114 valence electrons. The van der Waals surface area contributed by atoms with Crippen LogP contribution in [0.15, 0.2) is 22.9 Å². The van der Waals surface area contributed by atoms with Crippen LogP contribution in [0, 0.1) is 6.92 Å². The first kappa shape index (κ1) is 13.9. The molecule has 6 nitrogen and oxygen atoms in total. The third kappa shape index (κ3) is 2.16. The van der Waals surface area contributed by atoms with Gasteiger partial charge in [0.15, 0.2) is 5.82 Å². The average molecular weight is 361 g/mol. The lowest BCUT2D eigenvalue weighted by Gasteiger charge is -2.33. The molecule has 1 saturated heterocycles. The van der Waals surface area contributed by atoms with Crippen molar-refractivity contribution in [2.45, 2.75) is 6.92 Å². The molecule has 0 spiro atoms. The van der Waals surface area contributed by atoms with Crippen molar-refractivity contribution in [1.82, 2.24) is 24.5 Å². The van der Waals surface area contributed by atoms with Crippen LogP contribution in [-0.2, 0) is 0 Å². The van der Waals surface area contributed by atoms with Crippen LogP contribution in [0.2, 0.25) is 0 Å². The van der Waals surface area contributed by atoms with Crippen LogP contribution < -0.4 is 4.90 Å². The summed E-state index contributed by atoms with van der Waals surface area (Å²) >= 11 is 3.60. The zero-order valence-corrected chi connectivity index (χ0v) is 14.2. The van der Waals surface area contributed by atoms with E-state index in [9.17, 15) is 0 Å². The van der Waals surface area contributed by atoms with E-state index in [-0.39, 0.29) is 0 Å². The van der Waals surface area contributed by atoms with Crippen LogP contribution >= 0.6 is 15.9 Å². The van der Waals surface area contributed by atoms with Crippen molar-refractivity contribution in [3.8, 4) is 0 Å². The molecule has 0 radical (unpaired) electrons. The summed E-state index contributed by atoms with van der Waals surface area (Å²) in [4.78, 5) is 9.51. The van der Waals surface area contributed by atoms with Gasteiger partial charge in [-0.05, 0) is 31.7 Å². The molecule has 1 aliphatic rings. The fourth-order valence-corrected chi connectivity index (χ4v) is 3.23. The normalized spacial score (nSPS) is 16.8. The molecular formula is C15H17BrN6. The van der Waals surface area contributed by atoms with E-state index in [0.717, 1.165) is 53.2 Å². The molecule has 3 heterocycles. The van der Waals surface area contributed by atoms with E-state index in [2.05, 4.69) is 62.0 Å². The molecule has 4 rings (SSSR count). The molecule has 0 unspecified atom stereocenters. The number of nitrogens with zero attached hydrogens (tertiary/aromatic N) is 6. The zero-order valence-electron chi connectivity index (χ0n) is 12.6. The molecule has 3 aromatic rings. The number of aromatic nitrogens is 4. The smallest absolute Gasteiger partial charge is 0.204 e. The fraction of sp³-hybridized carbons (Fsp3) is 0.400. The van der Waals surface area contributed by atoms with E-state index in [0.29, 0.717) is 0 Å². The van der Waals surface area contributed by atoms with Gasteiger partial charge in [-0.2, -0.15) is 0 Å². The van der Waals surface area contributed by atoms with E-state index >= 15 is 0 Å². The number of anilines is 1. The highest BCUT2D eigenvalue weighted by molar-refractivity contribution is 9.10. The Morgan fingerprint density at radius 1 is 1.14 bits per heavy atom. The van der Waals surface area contributed by atoms with E-state index in [1.54, 1.807) is 6.33 Å². The van der Waals surface area contributed by atoms with Crippen molar-refractivity contribution in [2.24, 2.45) is 0 Å². The van der Waals surface area contributed by atoms with Gasteiger partial charge in [-0.1, -0.05) is 15.9 Å². The Kier molecular flexibility index (Phi) is 3.27. The molecule has 0 saturated carbocycles. The highest BCUT2D eigenvalue weighted by Crippen LogP contribution is 2.27. The monoisotopic (exact) mass is 360 g/mol. The van der Waals surface area contributed by atoms with Gasteiger partial charge in [-0.3, -0.25) is 4.40 Å². The van der Waals surface area contributed by atoms with Crippen molar-refractivity contribution < 1.29 is 0 Å². The first-order valence-corrected chi connectivity index (χ1v) is 8.16. The molecule has 0 bridgehead atoms. The first-order chi connectivity index (χ1) is 10.6. The quantitative estimate of drug-likeness (QED) is 0.665. The average Bonchev–Trinajstić information content (AvgIpc) is 2.99. The maximum Gasteiger partial charge on any atom is 0.204 e. The van der Waals surface area contributed by atoms with Crippen LogP contribution in [0.3, 0.4) is 0 Å². The van der Waals surface area contributed by atoms with Gasteiger partial charge in [-0.25, -0.2) is 4.98 Å². The Labute approximate surface area is 136 Å². The molecule has 0 N–H and O–H groups in total. The van der Waals surface area contributed by atoms with Crippen molar-refractivity contribution in [3.63, 3.8) is 0 Å². The number of aryl methyl sites for hydroxylation is 1. The number of hydrogen-bond acceptors (Lipinski definition) is 5. The highest BCUT2D eigenvalue weighted by Gasteiger charge is 2.20. The van der Waals surface area contributed by atoms with Crippen molar-refractivity contribution in [2.75, 3.05) is 38.1 Å². The summed E-state index contributed by atoms with van der Waals surface area (Å²) in [5, 5.41) is 8.40. The number of fused-ring (bicyclic) bond motifs is 3. The number of rotatable bonds is 1. The molecule has 1 aromatic carbocycles. The summed E-state index contributed by atoms with van der Waals surface area (Å²) < 4.78 is 3.11. The van der Waals surface area contributed by atoms with E-state index in [1.165, 1.54) is 5.56 Å². The molecule has 22 heavy (non-hydrogen) atoms. The summed E-state index contributed by atoms with van der Waals surface area (Å²) in [6.45, 7) is 6.08. The maximum absolute atomic E-state index is 4.88. The number of piperazine rings is 1. The summed E-state index contributed by atoms with van der Waals surface area (Å²) in [5.41, 5.74) is 4.01. The number of likely N-dealkylation sites (N-methyl/N-ethyl adjacent to an activating group) is 1. The standard InChI is InChI=1S/C15H17BrN6/c1-10-7-13-12(8-11(10)16)18-14(15-19-17-9-22(13)15)21-5-3-20(2)4-6-21/h7-9H,3-6H2,1-2H3. The van der Waals surface area contributed by atoms with Gasteiger partial charge in [0.25, 0.3) is 0 Å². The fourth-order valence-electron chi connectivity index (χ4n) is 2.90. The minimum Gasteiger partial charge on any atom is -0.351 e. The Hall–Kier alpha value is -1.73. The van der Waals surface area contributed by atoms with Gasteiger partial charge in [0.1, 0.15) is 6.33 Å². The molecular weight excluding hydrogens is 344 g/mol. The molecule has 1 fully saturated rings. The summed E-state index contributed by atoms with van der Waals surface area (Å²) in [6, 6.07) is 4.19. The third-order valence-electron chi connectivity index (χ3n) is 4.29. The second-order valence-corrected chi connectivity index (χ2v) is 6.69. The number of hydrogen-bond donors (Lipinski definition) is 0. The zero-order chi connectivity index (χ0) is 15.3. The van der Waals surface area contributed by atoms with E-state index in [1.807, 2.05) is 4.40 Å². The largest absolute Gasteiger partial charge is 0.351 e. The third-order valence-corrected chi connectivity index (χ3v) is 5.15. The van der Waals surface area contributed by atoms with Crippen LogP contribution in [0.25, 0.3) is 16.7 Å². The van der Waals surface area contributed by atoms with Gasteiger partial charge in [0.05, 0.1) is 11.0 Å². The molecule has 7 heteroatoms. The second-order valence-electron chi connectivity index (χ2n) is 5.84. The summed E-state index contributed by atoms with van der Waals surface area (Å²) in [5.74, 6) is 0.925. The number of halogens is 1. The molecule has 0 aliphatic carbocycles. The van der Waals surface area contributed by atoms with Crippen molar-refractivity contribution >= 4 is 38.4 Å². The molecule has 0 atom stereocenters. The second kappa shape index (κ2) is 5.17. The Morgan fingerprint density at radius 2 is 1.91 bits per heavy atom. The SMILES string of the molecule is Cc1cc2c(cc1Br)nc(N1CCN(C)CC1)c1nncn12. The minimum absolute atomic E-state index is 0.832. The Balaban J connectivity index is 1.93. The number of benzene rings is 1. The Bertz CT molecular complexity index is 850. The van der Waals surface area contributed by atoms with Gasteiger partial charge in [0.2, 0.25) is 5.65 Å². The summed E-state index contributed by atoms with van der Waals surface area (Å²) in [7, 11) is 2.15. The predicted molar refractivity (Wildman–Crippen MR) is 90.4 cm³/mol. The first-order valence-electron chi connectivity index (χ1n) is 7.36. The van der Waals surface area contributed by atoms with Crippen LogP contribution in [-0.4, -0.2) is 57.7 Å². The minimum atomic E-state index is 0.832. The van der Waals surface area contributed by atoms with Gasteiger partial charge in [-0.15, -0.1) is 10.2 Å². The predicted octanol–water partition coefficient (Wildman–Crippen LogP) is 2.10. The van der Waals surface area contributed by atoms with E-state index in [4.69, 9.17) is 4.98 Å². The lowest BCUT2D eigenvalue weighted by Crippen LogP contribution is -2.45. The van der Waals surface area contributed by atoms with Crippen molar-refractivity contribution in [3.05, 3.63) is 28.5 Å². The lowest BCUT2D eigenvalue weighted by atomic mass is 10.2. The van der Waals surface area contributed by atoms with Gasteiger partial charge in [0, 0.05) is 30.7 Å². The molecule has 0 amide bonds. The van der Waals surface area contributed by atoms with Crippen LogP contribution in [0.1, 0.15) is 5.56 Å². The lowest BCUT2D eigenvalue weighted by molar-refractivity contribution is 0.312. The molecule has 1 aliphatic heterocycles. The summed E-state index contributed by atoms with van der Waals surface area (Å²) in [6.07, 6.45) is 1.77. The van der Waals surface area contributed by atoms with Crippen LogP contribution in [0.5, 0.6) is 0 Å². The Morgan fingerprint density at radius 3 is 2.68 bits per heavy atom. The van der Waals surface area contributed by atoms with Gasteiger partial charge >= 0.3 is 0 Å². The van der Waals surface area contributed by atoms with Gasteiger partial charge < -0.3 is 9.80 Å². The molecule has 2 aromatic heterocycles. The topological polar surface area (TPSA) is 49.6 Å².